The Labute approximate surface area is 123 Å². The monoisotopic (exact) mass is 288 g/mol. The summed E-state index contributed by atoms with van der Waals surface area (Å²) in [6, 6.07) is 14.2. The number of hydrogen-bond donors (Lipinski definition) is 0. The molecule has 0 aliphatic rings. The molecule has 2 aromatic rings. The molecule has 0 aliphatic heterocycles. The van der Waals surface area contributed by atoms with Gasteiger partial charge in [0.15, 0.2) is 5.78 Å². The lowest BCUT2D eigenvalue weighted by Gasteiger charge is -2.04. The van der Waals surface area contributed by atoms with Crippen LogP contribution >= 0.6 is 11.8 Å². The highest BCUT2D eigenvalue weighted by Crippen LogP contribution is 2.23. The fourth-order valence-corrected chi connectivity index (χ4v) is 2.71. The molecule has 0 aromatic heterocycles. The molecule has 20 heavy (non-hydrogen) atoms. The zero-order chi connectivity index (χ0) is 14.4. The lowest BCUT2D eigenvalue weighted by molar-refractivity contribution is 0.0981. The van der Waals surface area contributed by atoms with Crippen LogP contribution in [-0.4, -0.2) is 5.78 Å². The molecule has 104 valence electrons. The first-order valence-electron chi connectivity index (χ1n) is 6.69. The van der Waals surface area contributed by atoms with Gasteiger partial charge in [-0.3, -0.25) is 4.79 Å². The van der Waals surface area contributed by atoms with Crippen LogP contribution in [0.2, 0.25) is 0 Å². The summed E-state index contributed by atoms with van der Waals surface area (Å²) in [4.78, 5) is 12.8. The molecule has 0 aliphatic carbocycles. The van der Waals surface area contributed by atoms with Crippen LogP contribution < -0.4 is 0 Å². The van der Waals surface area contributed by atoms with E-state index in [1.165, 1.54) is 12.1 Å². The Morgan fingerprint density at radius 2 is 1.70 bits per heavy atom. The van der Waals surface area contributed by atoms with Gasteiger partial charge in [0, 0.05) is 22.6 Å². The summed E-state index contributed by atoms with van der Waals surface area (Å²) < 4.78 is 12.8. The van der Waals surface area contributed by atoms with Crippen LogP contribution in [0.1, 0.15) is 35.7 Å². The predicted octanol–water partition coefficient (Wildman–Crippen LogP) is 5.10. The Bertz CT molecular complexity index is 561. The van der Waals surface area contributed by atoms with Gasteiger partial charge < -0.3 is 0 Å². The molecule has 0 atom stereocenters. The molecule has 2 aromatic carbocycles. The number of Topliss-reactive ketones (excluding diaryl/α,β-unsaturated/α-hetero) is 1. The van der Waals surface area contributed by atoms with Gasteiger partial charge in [0.1, 0.15) is 5.82 Å². The number of rotatable bonds is 6. The molecule has 3 heteroatoms. The average molecular weight is 288 g/mol. The highest BCUT2D eigenvalue weighted by Gasteiger charge is 2.04. The molecule has 0 fully saturated rings. The molecule has 0 N–H and O–H groups in total. The van der Waals surface area contributed by atoms with Crippen molar-refractivity contribution in [3.63, 3.8) is 0 Å². The Hall–Kier alpha value is -1.61. The second-order valence-electron chi connectivity index (χ2n) is 4.61. The molecule has 1 nitrogen and oxygen atoms in total. The molecule has 0 spiro atoms. The summed E-state index contributed by atoms with van der Waals surface area (Å²) in [5, 5.41) is 0. The van der Waals surface area contributed by atoms with Gasteiger partial charge >= 0.3 is 0 Å². The van der Waals surface area contributed by atoms with Gasteiger partial charge in [0.2, 0.25) is 0 Å². The fraction of sp³-hybridized carbons (Fsp3) is 0.235. The minimum Gasteiger partial charge on any atom is -0.294 e. The summed E-state index contributed by atoms with van der Waals surface area (Å²) >= 11 is 1.68. The number of carbonyl (C=O) groups is 1. The Kier molecular flexibility index (Phi) is 5.36. The lowest BCUT2D eigenvalue weighted by Crippen LogP contribution is -1.97. The first kappa shape index (κ1) is 14.8. The topological polar surface area (TPSA) is 17.1 Å². The molecule has 0 bridgehead atoms. The van der Waals surface area contributed by atoms with E-state index in [0.717, 1.165) is 28.2 Å². The van der Waals surface area contributed by atoms with E-state index in [2.05, 4.69) is 0 Å². The third kappa shape index (κ3) is 4.20. The Morgan fingerprint density at radius 1 is 1.05 bits per heavy atom. The second-order valence-corrected chi connectivity index (χ2v) is 5.66. The van der Waals surface area contributed by atoms with E-state index in [1.807, 2.05) is 31.2 Å². The van der Waals surface area contributed by atoms with Gasteiger partial charge in [0.05, 0.1) is 0 Å². The first-order valence-corrected chi connectivity index (χ1v) is 7.68. The van der Waals surface area contributed by atoms with Crippen LogP contribution in [0.15, 0.2) is 53.4 Å². The van der Waals surface area contributed by atoms with Gasteiger partial charge in [-0.15, -0.1) is 11.8 Å². The van der Waals surface area contributed by atoms with Crippen molar-refractivity contribution in [3.05, 3.63) is 65.5 Å². The molecule has 0 saturated heterocycles. The number of thioether (sulfide) groups is 1. The maximum atomic E-state index is 12.8. The highest BCUT2D eigenvalue weighted by molar-refractivity contribution is 7.98. The van der Waals surface area contributed by atoms with Crippen LogP contribution in [-0.2, 0) is 5.75 Å². The van der Waals surface area contributed by atoms with Crippen molar-refractivity contribution < 1.29 is 9.18 Å². The minimum absolute atomic E-state index is 0.197. The normalized spacial score (nSPS) is 10.5. The number of benzene rings is 2. The zero-order valence-electron chi connectivity index (χ0n) is 11.4. The lowest BCUT2D eigenvalue weighted by atomic mass is 10.1. The number of ketones is 1. The van der Waals surface area contributed by atoms with Crippen molar-refractivity contribution in [1.82, 2.24) is 0 Å². The van der Waals surface area contributed by atoms with E-state index in [1.54, 1.807) is 23.9 Å². The van der Waals surface area contributed by atoms with E-state index in [-0.39, 0.29) is 11.6 Å². The zero-order valence-corrected chi connectivity index (χ0v) is 12.3. The van der Waals surface area contributed by atoms with Gasteiger partial charge in [0.25, 0.3) is 0 Å². The quantitative estimate of drug-likeness (QED) is 0.543. The SMILES string of the molecule is CCCC(=O)c1ccc(SCc2ccc(F)cc2)cc1. The van der Waals surface area contributed by atoms with Crippen molar-refractivity contribution in [2.45, 2.75) is 30.4 Å². The average Bonchev–Trinajstić information content (AvgIpc) is 2.47. The van der Waals surface area contributed by atoms with Gasteiger partial charge in [-0.25, -0.2) is 4.39 Å². The third-order valence-electron chi connectivity index (χ3n) is 2.97. The third-order valence-corrected chi connectivity index (χ3v) is 4.06. The fourth-order valence-electron chi connectivity index (χ4n) is 1.86. The van der Waals surface area contributed by atoms with Crippen molar-refractivity contribution in [3.8, 4) is 0 Å². The van der Waals surface area contributed by atoms with E-state index in [0.29, 0.717) is 6.42 Å². The summed E-state index contributed by atoms with van der Waals surface area (Å²) in [5.74, 6) is 0.780. The number of hydrogen-bond acceptors (Lipinski definition) is 2. The van der Waals surface area contributed by atoms with E-state index >= 15 is 0 Å². The minimum atomic E-state index is -0.211. The van der Waals surface area contributed by atoms with Crippen molar-refractivity contribution in [1.29, 1.82) is 0 Å². The van der Waals surface area contributed by atoms with Crippen LogP contribution in [0.4, 0.5) is 4.39 Å². The summed E-state index contributed by atoms with van der Waals surface area (Å²) in [5.41, 5.74) is 1.86. The Morgan fingerprint density at radius 3 is 2.30 bits per heavy atom. The van der Waals surface area contributed by atoms with E-state index < -0.39 is 0 Å². The number of carbonyl (C=O) groups excluding carboxylic acids is 1. The first-order chi connectivity index (χ1) is 9.69. The summed E-state index contributed by atoms with van der Waals surface area (Å²) in [6.45, 7) is 2.00. The molecular formula is C17H17FOS. The van der Waals surface area contributed by atoms with Crippen molar-refractivity contribution in [2.24, 2.45) is 0 Å². The highest BCUT2D eigenvalue weighted by atomic mass is 32.2. The van der Waals surface area contributed by atoms with Gasteiger partial charge in [-0.2, -0.15) is 0 Å². The molecule has 0 radical (unpaired) electrons. The summed E-state index contributed by atoms with van der Waals surface area (Å²) in [7, 11) is 0. The van der Waals surface area contributed by atoms with Gasteiger partial charge in [-0.05, 0) is 36.2 Å². The van der Waals surface area contributed by atoms with Crippen LogP contribution in [0, 0.1) is 5.82 Å². The predicted molar refractivity (Wildman–Crippen MR) is 81.6 cm³/mol. The van der Waals surface area contributed by atoms with Crippen molar-refractivity contribution in [2.75, 3.05) is 0 Å². The van der Waals surface area contributed by atoms with E-state index in [4.69, 9.17) is 0 Å². The van der Waals surface area contributed by atoms with Crippen molar-refractivity contribution >= 4 is 17.5 Å². The summed E-state index contributed by atoms with van der Waals surface area (Å²) in [6.07, 6.45) is 1.47. The number of halogens is 1. The van der Waals surface area contributed by atoms with Crippen LogP contribution in [0.3, 0.4) is 0 Å². The molecule has 2 rings (SSSR count). The molecule has 0 amide bonds. The standard InChI is InChI=1S/C17H17FOS/c1-2-3-17(19)14-6-10-16(11-7-14)20-12-13-4-8-15(18)9-5-13/h4-11H,2-3,12H2,1H3. The largest absolute Gasteiger partial charge is 0.294 e. The van der Waals surface area contributed by atoms with Crippen LogP contribution in [0.5, 0.6) is 0 Å². The van der Waals surface area contributed by atoms with E-state index in [9.17, 15) is 9.18 Å². The second kappa shape index (κ2) is 7.25. The molecule has 0 unspecified atom stereocenters. The maximum absolute atomic E-state index is 12.8. The van der Waals surface area contributed by atoms with Gasteiger partial charge in [-0.1, -0.05) is 31.2 Å². The van der Waals surface area contributed by atoms with Crippen LogP contribution in [0.25, 0.3) is 0 Å². The Balaban J connectivity index is 1.93. The smallest absolute Gasteiger partial charge is 0.162 e. The molecule has 0 heterocycles. The molecule has 0 saturated carbocycles. The maximum Gasteiger partial charge on any atom is 0.162 e. The molecular weight excluding hydrogens is 271 g/mol.